The van der Waals surface area contributed by atoms with Gasteiger partial charge < -0.3 is 4.90 Å². The summed E-state index contributed by atoms with van der Waals surface area (Å²) in [7, 11) is 0.378. The number of halogens is 1. The van der Waals surface area contributed by atoms with Crippen molar-refractivity contribution in [2.75, 3.05) is 45.2 Å². The predicted octanol–water partition coefficient (Wildman–Crippen LogP) is 4.13. The number of aryl methyl sites for hydroxylation is 1. The molecule has 1 amide bonds. The van der Waals surface area contributed by atoms with E-state index in [1.165, 1.54) is 27.8 Å². The van der Waals surface area contributed by atoms with E-state index in [-0.39, 0.29) is 22.5 Å². The average molecular weight is 519 g/mol. The van der Waals surface area contributed by atoms with Gasteiger partial charge in [-0.25, -0.2) is 17.8 Å². The van der Waals surface area contributed by atoms with Crippen molar-refractivity contribution in [3.05, 3.63) is 53.8 Å². The van der Waals surface area contributed by atoms with Gasteiger partial charge >= 0.3 is 0 Å². The van der Waals surface area contributed by atoms with Crippen LogP contribution >= 0.6 is 11.3 Å². The zero-order valence-corrected chi connectivity index (χ0v) is 21.9. The number of sulfonamides is 1. The standard InChI is InChI=1S/C25H31FN4O3S2/c1-18-5-8-21(9-6-18)35(32,33)29-15-11-19(12-16-29)24(31)30(14-4-13-28(2)3)25-27-22-10-7-20(26)17-23(22)34-25/h5-10,17,19H,4,11-16H2,1-3H3. The maximum absolute atomic E-state index is 13.7. The lowest BCUT2D eigenvalue weighted by atomic mass is 9.96. The van der Waals surface area contributed by atoms with Gasteiger partial charge in [-0.2, -0.15) is 4.31 Å². The van der Waals surface area contributed by atoms with Gasteiger partial charge in [0.1, 0.15) is 5.82 Å². The number of carbonyl (C=O) groups excluding carboxylic acids is 1. The molecule has 10 heteroatoms. The first kappa shape index (κ1) is 25.7. The number of anilines is 1. The number of aromatic nitrogens is 1. The van der Waals surface area contributed by atoms with Crippen LogP contribution in [-0.4, -0.2) is 68.8 Å². The van der Waals surface area contributed by atoms with Gasteiger partial charge in [0.25, 0.3) is 0 Å². The van der Waals surface area contributed by atoms with Crippen LogP contribution in [0, 0.1) is 18.7 Å². The highest BCUT2D eigenvalue weighted by Crippen LogP contribution is 2.32. The molecule has 2 heterocycles. The number of hydrogen-bond acceptors (Lipinski definition) is 6. The number of carbonyl (C=O) groups is 1. The molecule has 35 heavy (non-hydrogen) atoms. The Bertz CT molecular complexity index is 1280. The number of amides is 1. The number of fused-ring (bicyclic) bond motifs is 1. The van der Waals surface area contributed by atoms with Crippen molar-refractivity contribution in [1.82, 2.24) is 14.2 Å². The van der Waals surface area contributed by atoms with Gasteiger partial charge in [-0.1, -0.05) is 29.0 Å². The van der Waals surface area contributed by atoms with Gasteiger partial charge in [0.05, 0.1) is 15.1 Å². The van der Waals surface area contributed by atoms with Crippen LogP contribution in [0.4, 0.5) is 9.52 Å². The number of hydrogen-bond donors (Lipinski definition) is 0. The van der Waals surface area contributed by atoms with Crippen molar-refractivity contribution in [1.29, 1.82) is 0 Å². The van der Waals surface area contributed by atoms with Gasteiger partial charge in [-0.15, -0.1) is 0 Å². The first-order valence-corrected chi connectivity index (χ1v) is 14.0. The van der Waals surface area contributed by atoms with E-state index in [4.69, 9.17) is 0 Å². The van der Waals surface area contributed by atoms with Crippen LogP contribution in [0.2, 0.25) is 0 Å². The molecule has 0 unspecified atom stereocenters. The Labute approximate surface area is 210 Å². The summed E-state index contributed by atoms with van der Waals surface area (Å²) in [6.07, 6.45) is 1.67. The molecule has 1 aliphatic rings. The van der Waals surface area contributed by atoms with Crippen LogP contribution < -0.4 is 4.90 Å². The summed E-state index contributed by atoms with van der Waals surface area (Å²) < 4.78 is 42.0. The highest BCUT2D eigenvalue weighted by Gasteiger charge is 2.35. The van der Waals surface area contributed by atoms with Crippen molar-refractivity contribution in [2.45, 2.75) is 31.1 Å². The van der Waals surface area contributed by atoms with Crippen LogP contribution in [0.3, 0.4) is 0 Å². The summed E-state index contributed by atoms with van der Waals surface area (Å²) in [5, 5.41) is 0.559. The van der Waals surface area contributed by atoms with Crippen molar-refractivity contribution in [2.24, 2.45) is 5.92 Å². The number of benzene rings is 2. The van der Waals surface area contributed by atoms with Crippen LogP contribution in [0.5, 0.6) is 0 Å². The lowest BCUT2D eigenvalue weighted by molar-refractivity contribution is -0.123. The summed E-state index contributed by atoms with van der Waals surface area (Å²) in [6.45, 7) is 3.82. The highest BCUT2D eigenvalue weighted by atomic mass is 32.2. The Morgan fingerprint density at radius 1 is 1.11 bits per heavy atom. The Morgan fingerprint density at radius 3 is 2.46 bits per heavy atom. The van der Waals surface area contributed by atoms with E-state index in [1.54, 1.807) is 35.2 Å². The van der Waals surface area contributed by atoms with E-state index in [2.05, 4.69) is 9.88 Å². The molecule has 0 saturated carbocycles. The molecule has 0 bridgehead atoms. The maximum atomic E-state index is 13.7. The molecule has 2 aromatic carbocycles. The molecular formula is C25H31FN4O3S2. The monoisotopic (exact) mass is 518 g/mol. The van der Waals surface area contributed by atoms with Gasteiger partial charge in [0, 0.05) is 25.6 Å². The second-order valence-corrected chi connectivity index (χ2v) is 12.2. The summed E-state index contributed by atoms with van der Waals surface area (Å²) in [5.41, 5.74) is 1.66. The lowest BCUT2D eigenvalue weighted by Gasteiger charge is -2.33. The quantitative estimate of drug-likeness (QED) is 0.448. The zero-order chi connectivity index (χ0) is 25.2. The molecule has 0 radical (unpaired) electrons. The predicted molar refractivity (Wildman–Crippen MR) is 138 cm³/mol. The molecule has 0 spiro atoms. The van der Waals surface area contributed by atoms with E-state index in [9.17, 15) is 17.6 Å². The van der Waals surface area contributed by atoms with E-state index >= 15 is 0 Å². The van der Waals surface area contributed by atoms with Crippen LogP contribution in [0.25, 0.3) is 10.2 Å². The third kappa shape index (κ3) is 5.88. The van der Waals surface area contributed by atoms with Gasteiger partial charge in [0.15, 0.2) is 5.13 Å². The first-order chi connectivity index (χ1) is 16.6. The topological polar surface area (TPSA) is 73.8 Å². The minimum Gasteiger partial charge on any atom is -0.309 e. The maximum Gasteiger partial charge on any atom is 0.243 e. The Morgan fingerprint density at radius 2 is 1.80 bits per heavy atom. The molecule has 1 aliphatic heterocycles. The normalized spacial score (nSPS) is 15.7. The highest BCUT2D eigenvalue weighted by molar-refractivity contribution is 7.89. The SMILES string of the molecule is Cc1ccc(S(=O)(=O)N2CCC(C(=O)N(CCCN(C)C)c3nc4ccc(F)cc4s3)CC2)cc1. The number of piperidine rings is 1. The Kier molecular flexibility index (Phi) is 7.85. The van der Waals surface area contributed by atoms with E-state index in [0.29, 0.717) is 47.8 Å². The fourth-order valence-corrected chi connectivity index (χ4v) is 6.76. The van der Waals surface area contributed by atoms with Crippen LogP contribution in [0.1, 0.15) is 24.8 Å². The van der Waals surface area contributed by atoms with Crippen molar-refractivity contribution in [3.8, 4) is 0 Å². The summed E-state index contributed by atoms with van der Waals surface area (Å²) in [6, 6.07) is 11.3. The van der Waals surface area contributed by atoms with Gasteiger partial charge in [-0.3, -0.25) is 9.69 Å². The van der Waals surface area contributed by atoms with E-state index < -0.39 is 10.0 Å². The molecule has 188 valence electrons. The summed E-state index contributed by atoms with van der Waals surface area (Å²) >= 11 is 1.31. The molecule has 0 atom stereocenters. The molecule has 1 aromatic heterocycles. The van der Waals surface area contributed by atoms with Crippen molar-refractivity contribution >= 4 is 42.6 Å². The molecule has 7 nitrogen and oxygen atoms in total. The largest absolute Gasteiger partial charge is 0.309 e. The lowest BCUT2D eigenvalue weighted by Crippen LogP contribution is -2.45. The second kappa shape index (κ2) is 10.7. The molecule has 4 rings (SSSR count). The second-order valence-electron chi connectivity index (χ2n) is 9.25. The average Bonchev–Trinajstić information content (AvgIpc) is 3.24. The number of nitrogens with zero attached hydrogens (tertiary/aromatic N) is 4. The number of rotatable bonds is 8. The third-order valence-electron chi connectivity index (χ3n) is 6.29. The summed E-state index contributed by atoms with van der Waals surface area (Å²) in [5.74, 6) is -0.668. The minimum absolute atomic E-state index is 0.0457. The van der Waals surface area contributed by atoms with Crippen LogP contribution in [0.15, 0.2) is 47.4 Å². The molecular weight excluding hydrogens is 487 g/mol. The van der Waals surface area contributed by atoms with Gasteiger partial charge in [-0.05, 0) is 77.2 Å². The molecule has 0 aliphatic carbocycles. The van der Waals surface area contributed by atoms with Gasteiger partial charge in [0.2, 0.25) is 15.9 Å². The van der Waals surface area contributed by atoms with E-state index in [0.717, 1.165) is 18.5 Å². The number of thiazole rings is 1. The minimum atomic E-state index is -3.59. The Balaban J connectivity index is 1.49. The molecule has 0 N–H and O–H groups in total. The summed E-state index contributed by atoms with van der Waals surface area (Å²) in [4.78, 5) is 22.3. The first-order valence-electron chi connectivity index (χ1n) is 11.7. The fraction of sp³-hybridized carbons (Fsp3) is 0.440. The van der Waals surface area contributed by atoms with Crippen LogP contribution in [-0.2, 0) is 14.8 Å². The molecule has 1 fully saturated rings. The van der Waals surface area contributed by atoms with E-state index in [1.807, 2.05) is 21.0 Å². The van der Waals surface area contributed by atoms with Crippen molar-refractivity contribution < 1.29 is 17.6 Å². The molecule has 3 aromatic rings. The Hall–Kier alpha value is -2.40. The smallest absolute Gasteiger partial charge is 0.243 e. The third-order valence-corrected chi connectivity index (χ3v) is 9.24. The van der Waals surface area contributed by atoms with Crippen molar-refractivity contribution in [3.63, 3.8) is 0 Å². The molecule has 1 saturated heterocycles. The zero-order valence-electron chi connectivity index (χ0n) is 20.3. The fourth-order valence-electron chi connectivity index (χ4n) is 4.27.